The minimum Gasteiger partial charge on any atom is -0.377 e. The van der Waals surface area contributed by atoms with E-state index >= 15 is 0 Å². The minimum atomic E-state index is 0.345. The summed E-state index contributed by atoms with van der Waals surface area (Å²) in [6.45, 7) is 11.6. The minimum absolute atomic E-state index is 0.345. The molecule has 1 aromatic rings. The number of piperidine rings is 1. The average molecular weight is 265 g/mol. The van der Waals surface area contributed by atoms with Gasteiger partial charge in [-0.2, -0.15) is 5.10 Å². The van der Waals surface area contributed by atoms with E-state index in [2.05, 4.69) is 37.0 Å². The van der Waals surface area contributed by atoms with Crippen LogP contribution in [-0.4, -0.2) is 47.0 Å². The van der Waals surface area contributed by atoms with Crippen molar-refractivity contribution in [2.75, 3.05) is 26.2 Å². The molecule has 0 amide bonds. The smallest absolute Gasteiger partial charge is 0.0596 e. The molecule has 0 radical (unpaired) electrons. The van der Waals surface area contributed by atoms with Crippen molar-refractivity contribution in [2.24, 2.45) is 0 Å². The van der Waals surface area contributed by atoms with Crippen molar-refractivity contribution in [3.63, 3.8) is 0 Å². The van der Waals surface area contributed by atoms with Gasteiger partial charge in [-0.05, 0) is 58.2 Å². The van der Waals surface area contributed by atoms with E-state index in [4.69, 9.17) is 4.74 Å². The predicted octanol–water partition coefficient (Wildman–Crippen LogP) is 2.51. The highest BCUT2D eigenvalue weighted by atomic mass is 16.5. The van der Waals surface area contributed by atoms with Crippen molar-refractivity contribution in [3.05, 3.63) is 18.0 Å². The Bertz CT molecular complexity index is 367. The summed E-state index contributed by atoms with van der Waals surface area (Å²) in [6.07, 6.45) is 7.10. The van der Waals surface area contributed by atoms with Gasteiger partial charge in [-0.1, -0.05) is 0 Å². The lowest BCUT2D eigenvalue weighted by molar-refractivity contribution is 0.0536. The van der Waals surface area contributed by atoms with Crippen LogP contribution in [0, 0.1) is 0 Å². The monoisotopic (exact) mass is 265 g/mol. The van der Waals surface area contributed by atoms with Crippen molar-refractivity contribution < 1.29 is 4.74 Å². The number of ether oxygens (including phenoxy) is 1. The van der Waals surface area contributed by atoms with Crippen LogP contribution in [0.1, 0.15) is 45.1 Å². The summed E-state index contributed by atoms with van der Waals surface area (Å²) in [7, 11) is 0. The Morgan fingerprint density at radius 3 is 2.68 bits per heavy atom. The lowest BCUT2D eigenvalue weighted by atomic mass is 9.91. The summed E-state index contributed by atoms with van der Waals surface area (Å²) >= 11 is 0. The maximum atomic E-state index is 5.62. The van der Waals surface area contributed by atoms with Crippen LogP contribution >= 0.6 is 0 Å². The van der Waals surface area contributed by atoms with Crippen molar-refractivity contribution in [2.45, 2.75) is 52.2 Å². The van der Waals surface area contributed by atoms with E-state index < -0.39 is 0 Å². The molecule has 1 aromatic heterocycles. The van der Waals surface area contributed by atoms with Gasteiger partial charge in [0.25, 0.3) is 0 Å². The van der Waals surface area contributed by atoms with Crippen molar-refractivity contribution >= 4 is 0 Å². The zero-order chi connectivity index (χ0) is 13.7. The first-order valence-electron chi connectivity index (χ1n) is 7.55. The van der Waals surface area contributed by atoms with Crippen LogP contribution < -0.4 is 0 Å². The summed E-state index contributed by atoms with van der Waals surface area (Å²) in [6, 6.07) is 0. The van der Waals surface area contributed by atoms with Crippen LogP contribution in [-0.2, 0) is 11.3 Å². The van der Waals surface area contributed by atoms with Crippen LogP contribution in [0.4, 0.5) is 0 Å². The van der Waals surface area contributed by atoms with E-state index in [-0.39, 0.29) is 0 Å². The molecule has 1 fully saturated rings. The topological polar surface area (TPSA) is 30.3 Å². The fourth-order valence-electron chi connectivity index (χ4n) is 2.67. The number of nitrogens with zero attached hydrogens (tertiary/aromatic N) is 3. The highest BCUT2D eigenvalue weighted by Crippen LogP contribution is 2.27. The van der Waals surface area contributed by atoms with E-state index in [1.54, 1.807) is 0 Å². The molecule has 0 aliphatic carbocycles. The largest absolute Gasteiger partial charge is 0.377 e. The van der Waals surface area contributed by atoms with E-state index in [9.17, 15) is 0 Å². The quantitative estimate of drug-likeness (QED) is 0.791. The van der Waals surface area contributed by atoms with Gasteiger partial charge in [0.1, 0.15) is 0 Å². The van der Waals surface area contributed by atoms with Gasteiger partial charge in [-0.15, -0.1) is 0 Å². The van der Waals surface area contributed by atoms with Crippen molar-refractivity contribution in [1.82, 2.24) is 14.7 Å². The van der Waals surface area contributed by atoms with Gasteiger partial charge in [0.05, 0.1) is 18.9 Å². The molecule has 4 heteroatoms. The normalized spacial score (nSPS) is 18.3. The van der Waals surface area contributed by atoms with Gasteiger partial charge >= 0.3 is 0 Å². The third-order valence-electron chi connectivity index (χ3n) is 3.89. The van der Waals surface area contributed by atoms with Crippen LogP contribution in [0.2, 0.25) is 0 Å². The first-order valence-corrected chi connectivity index (χ1v) is 7.55. The highest BCUT2D eigenvalue weighted by molar-refractivity contribution is 5.12. The van der Waals surface area contributed by atoms with Gasteiger partial charge in [0.2, 0.25) is 0 Å². The van der Waals surface area contributed by atoms with Gasteiger partial charge in [0.15, 0.2) is 0 Å². The second kappa shape index (κ2) is 7.06. The first-order chi connectivity index (χ1) is 9.19. The zero-order valence-electron chi connectivity index (χ0n) is 12.5. The second-order valence-electron chi connectivity index (χ2n) is 5.66. The number of hydrogen-bond donors (Lipinski definition) is 0. The lowest BCUT2D eigenvalue weighted by Gasteiger charge is -2.31. The number of hydrogen-bond acceptors (Lipinski definition) is 3. The van der Waals surface area contributed by atoms with Crippen molar-refractivity contribution in [1.29, 1.82) is 0 Å². The summed E-state index contributed by atoms with van der Waals surface area (Å²) in [5.74, 6) is 0.697. The lowest BCUT2D eigenvalue weighted by Crippen LogP contribution is -2.35. The molecule has 0 N–H and O–H groups in total. The molecule has 108 valence electrons. The Kier molecular flexibility index (Phi) is 5.40. The van der Waals surface area contributed by atoms with Gasteiger partial charge < -0.3 is 9.64 Å². The fraction of sp³-hybridized carbons (Fsp3) is 0.800. The third kappa shape index (κ3) is 4.32. The Morgan fingerprint density at radius 2 is 2.11 bits per heavy atom. The van der Waals surface area contributed by atoms with Gasteiger partial charge in [-0.25, -0.2) is 0 Å². The summed E-state index contributed by atoms with van der Waals surface area (Å²) < 4.78 is 7.64. The van der Waals surface area contributed by atoms with Crippen LogP contribution in [0.3, 0.4) is 0 Å². The third-order valence-corrected chi connectivity index (χ3v) is 3.89. The molecular weight excluding hydrogens is 238 g/mol. The SMILES string of the molecule is CCn1cc(C2CCN(CCOC(C)C)CC2)cn1. The maximum Gasteiger partial charge on any atom is 0.0596 e. The van der Waals surface area contributed by atoms with Crippen molar-refractivity contribution in [3.8, 4) is 0 Å². The molecule has 0 saturated carbocycles. The molecule has 0 spiro atoms. The molecule has 2 heterocycles. The molecule has 4 nitrogen and oxygen atoms in total. The Morgan fingerprint density at radius 1 is 1.37 bits per heavy atom. The maximum absolute atomic E-state index is 5.62. The zero-order valence-corrected chi connectivity index (χ0v) is 12.5. The Hall–Kier alpha value is -0.870. The van der Waals surface area contributed by atoms with Crippen LogP contribution in [0.15, 0.2) is 12.4 Å². The molecule has 0 bridgehead atoms. The Labute approximate surface area is 116 Å². The van der Waals surface area contributed by atoms with Gasteiger partial charge in [0, 0.05) is 19.3 Å². The van der Waals surface area contributed by atoms with E-state index in [0.29, 0.717) is 12.0 Å². The second-order valence-corrected chi connectivity index (χ2v) is 5.66. The van der Waals surface area contributed by atoms with Crippen LogP contribution in [0.5, 0.6) is 0 Å². The molecular formula is C15H27N3O. The average Bonchev–Trinajstić information content (AvgIpc) is 2.88. The summed E-state index contributed by atoms with van der Waals surface area (Å²) in [5, 5.41) is 4.38. The molecule has 0 unspecified atom stereocenters. The fourth-order valence-corrected chi connectivity index (χ4v) is 2.67. The summed E-state index contributed by atoms with van der Waals surface area (Å²) in [4.78, 5) is 2.52. The highest BCUT2D eigenvalue weighted by Gasteiger charge is 2.21. The van der Waals surface area contributed by atoms with E-state index in [1.165, 1.54) is 31.5 Å². The molecule has 1 saturated heterocycles. The molecule has 19 heavy (non-hydrogen) atoms. The molecule has 0 aromatic carbocycles. The standard InChI is InChI=1S/C15H27N3O/c1-4-18-12-15(11-16-18)14-5-7-17(8-6-14)9-10-19-13(2)3/h11-14H,4-10H2,1-3H3. The number of likely N-dealkylation sites (tertiary alicyclic amines) is 1. The Balaban J connectivity index is 1.73. The number of aryl methyl sites for hydroxylation is 1. The first kappa shape index (κ1) is 14.5. The summed E-state index contributed by atoms with van der Waals surface area (Å²) in [5.41, 5.74) is 1.42. The predicted molar refractivity (Wildman–Crippen MR) is 77.4 cm³/mol. The number of aromatic nitrogens is 2. The number of rotatable bonds is 6. The molecule has 1 aliphatic rings. The van der Waals surface area contributed by atoms with E-state index in [1.807, 2.05) is 10.9 Å². The van der Waals surface area contributed by atoms with Gasteiger partial charge in [-0.3, -0.25) is 4.68 Å². The van der Waals surface area contributed by atoms with Crippen LogP contribution in [0.25, 0.3) is 0 Å². The molecule has 2 rings (SSSR count). The molecule has 1 aliphatic heterocycles. The molecule has 0 atom stereocenters. The van der Waals surface area contributed by atoms with E-state index in [0.717, 1.165) is 19.7 Å².